The van der Waals surface area contributed by atoms with Crippen LogP contribution in [0.1, 0.15) is 41.1 Å². The molecule has 2 aromatic rings. The van der Waals surface area contributed by atoms with Gasteiger partial charge in [-0.15, -0.1) is 11.3 Å². The van der Waals surface area contributed by atoms with E-state index in [1.54, 1.807) is 13.0 Å². The number of nitrogens with one attached hydrogen (secondary N) is 1. The third-order valence-electron chi connectivity index (χ3n) is 2.82. The van der Waals surface area contributed by atoms with Gasteiger partial charge in [-0.05, 0) is 6.92 Å². The summed E-state index contributed by atoms with van der Waals surface area (Å²) in [5.74, 6) is -0.962. The molecule has 0 aliphatic heterocycles. The summed E-state index contributed by atoms with van der Waals surface area (Å²) in [7, 11) is 0. The second kappa shape index (κ2) is 5.88. The van der Waals surface area contributed by atoms with Gasteiger partial charge in [-0.25, -0.2) is 4.98 Å². The lowest BCUT2D eigenvalue weighted by Crippen LogP contribution is -2.13. The SMILES string of the molecule is Cc1nc(C(C)(C)C)sc1C(=O)Nc1ccn(CC(=O)O)n1. The molecule has 0 fully saturated rings. The molecule has 2 N–H and O–H groups in total. The monoisotopic (exact) mass is 322 g/mol. The average molecular weight is 322 g/mol. The number of rotatable bonds is 4. The van der Waals surface area contributed by atoms with Gasteiger partial charge in [0.2, 0.25) is 0 Å². The highest BCUT2D eigenvalue weighted by Gasteiger charge is 2.23. The molecule has 0 saturated carbocycles. The maximum atomic E-state index is 12.3. The number of hydrogen-bond acceptors (Lipinski definition) is 5. The second-order valence-electron chi connectivity index (χ2n) is 5.93. The highest BCUT2D eigenvalue weighted by atomic mass is 32.1. The average Bonchev–Trinajstić information content (AvgIpc) is 2.94. The van der Waals surface area contributed by atoms with Crippen LogP contribution in [0.3, 0.4) is 0 Å². The predicted octanol–water partition coefficient (Wildman–Crippen LogP) is 2.28. The number of aliphatic carboxylic acids is 1. The van der Waals surface area contributed by atoms with Crippen LogP contribution < -0.4 is 5.32 Å². The number of hydrogen-bond donors (Lipinski definition) is 2. The molecule has 0 atom stereocenters. The highest BCUT2D eigenvalue weighted by molar-refractivity contribution is 7.14. The van der Waals surface area contributed by atoms with Gasteiger partial charge in [-0.3, -0.25) is 14.3 Å². The van der Waals surface area contributed by atoms with Crippen LogP contribution in [0.2, 0.25) is 0 Å². The number of amides is 1. The van der Waals surface area contributed by atoms with Crippen molar-refractivity contribution in [1.82, 2.24) is 14.8 Å². The van der Waals surface area contributed by atoms with E-state index in [2.05, 4.69) is 15.4 Å². The van der Waals surface area contributed by atoms with Crippen molar-refractivity contribution < 1.29 is 14.7 Å². The van der Waals surface area contributed by atoms with Crippen molar-refractivity contribution in [2.24, 2.45) is 0 Å². The smallest absolute Gasteiger partial charge is 0.325 e. The molecule has 22 heavy (non-hydrogen) atoms. The lowest BCUT2D eigenvalue weighted by atomic mass is 9.98. The van der Waals surface area contributed by atoms with Crippen LogP contribution in [0.5, 0.6) is 0 Å². The van der Waals surface area contributed by atoms with Gasteiger partial charge in [0, 0.05) is 17.7 Å². The molecule has 0 aliphatic rings. The van der Waals surface area contributed by atoms with E-state index in [0.717, 1.165) is 5.01 Å². The zero-order valence-electron chi connectivity index (χ0n) is 12.9. The summed E-state index contributed by atoms with van der Waals surface area (Å²) in [6, 6.07) is 1.56. The maximum Gasteiger partial charge on any atom is 0.325 e. The number of carbonyl (C=O) groups excluding carboxylic acids is 1. The minimum absolute atomic E-state index is 0.114. The molecule has 0 unspecified atom stereocenters. The number of carboxylic acid groups (broad SMARTS) is 1. The maximum absolute atomic E-state index is 12.3. The number of nitrogens with zero attached hydrogens (tertiary/aromatic N) is 3. The van der Waals surface area contributed by atoms with Gasteiger partial charge >= 0.3 is 5.97 Å². The fraction of sp³-hybridized carbons (Fsp3) is 0.429. The van der Waals surface area contributed by atoms with Gasteiger partial charge in [0.25, 0.3) is 5.91 Å². The zero-order valence-corrected chi connectivity index (χ0v) is 13.7. The fourth-order valence-electron chi connectivity index (χ4n) is 1.76. The van der Waals surface area contributed by atoms with Crippen LogP contribution in [0.25, 0.3) is 0 Å². The summed E-state index contributed by atoms with van der Waals surface area (Å²) in [6.07, 6.45) is 1.50. The molecule has 0 radical (unpaired) electrons. The van der Waals surface area contributed by atoms with Crippen LogP contribution in [0.4, 0.5) is 5.82 Å². The molecule has 1 amide bonds. The quantitative estimate of drug-likeness (QED) is 0.900. The number of aromatic nitrogens is 3. The van der Waals surface area contributed by atoms with Crippen LogP contribution in [-0.2, 0) is 16.8 Å². The Morgan fingerprint density at radius 1 is 1.41 bits per heavy atom. The first kappa shape index (κ1) is 16.2. The number of carboxylic acids is 1. The molecule has 2 aromatic heterocycles. The van der Waals surface area contributed by atoms with Gasteiger partial charge < -0.3 is 10.4 Å². The molecular weight excluding hydrogens is 304 g/mol. The van der Waals surface area contributed by atoms with Crippen molar-refractivity contribution in [3.05, 3.63) is 27.8 Å². The van der Waals surface area contributed by atoms with Gasteiger partial charge in [0.05, 0.1) is 10.7 Å². The van der Waals surface area contributed by atoms with E-state index in [4.69, 9.17) is 5.11 Å². The Balaban J connectivity index is 2.14. The van der Waals surface area contributed by atoms with Crippen LogP contribution in [0, 0.1) is 6.92 Å². The molecule has 8 heteroatoms. The lowest BCUT2D eigenvalue weighted by molar-refractivity contribution is -0.137. The first-order valence-corrected chi connectivity index (χ1v) is 7.53. The van der Waals surface area contributed by atoms with E-state index in [1.165, 1.54) is 22.2 Å². The summed E-state index contributed by atoms with van der Waals surface area (Å²) in [6.45, 7) is 7.68. The standard InChI is InChI=1S/C14H18N4O3S/c1-8-11(22-13(15-8)14(2,3)4)12(21)16-9-5-6-18(17-9)7-10(19)20/h5-6H,7H2,1-4H3,(H,19,20)(H,16,17,21). The molecule has 0 spiro atoms. The molecular formula is C14H18N4O3S. The predicted molar refractivity (Wildman–Crippen MR) is 83.4 cm³/mol. The van der Waals surface area contributed by atoms with Crippen molar-refractivity contribution in [2.75, 3.05) is 5.32 Å². The number of thiazole rings is 1. The zero-order chi connectivity index (χ0) is 16.5. The van der Waals surface area contributed by atoms with Gasteiger partial charge in [-0.2, -0.15) is 5.10 Å². The topological polar surface area (TPSA) is 97.1 Å². The van der Waals surface area contributed by atoms with E-state index >= 15 is 0 Å². The minimum Gasteiger partial charge on any atom is -0.480 e. The molecule has 2 rings (SSSR count). The van der Waals surface area contributed by atoms with E-state index < -0.39 is 5.97 Å². The Hall–Kier alpha value is -2.22. The van der Waals surface area contributed by atoms with Crippen molar-refractivity contribution in [1.29, 1.82) is 0 Å². The van der Waals surface area contributed by atoms with Crippen molar-refractivity contribution >= 4 is 29.0 Å². The minimum atomic E-state index is -0.992. The Bertz CT molecular complexity index is 712. The van der Waals surface area contributed by atoms with E-state index in [1.807, 2.05) is 20.8 Å². The molecule has 0 aliphatic carbocycles. The van der Waals surface area contributed by atoms with Crippen molar-refractivity contribution in [3.63, 3.8) is 0 Å². The van der Waals surface area contributed by atoms with Crippen LogP contribution in [-0.4, -0.2) is 31.7 Å². The summed E-state index contributed by atoms with van der Waals surface area (Å²) < 4.78 is 1.25. The largest absolute Gasteiger partial charge is 0.480 e. The van der Waals surface area contributed by atoms with Crippen molar-refractivity contribution in [3.8, 4) is 0 Å². The Morgan fingerprint density at radius 3 is 2.64 bits per heavy atom. The second-order valence-corrected chi connectivity index (χ2v) is 6.93. The molecule has 0 aromatic carbocycles. The summed E-state index contributed by atoms with van der Waals surface area (Å²) in [4.78, 5) is 27.9. The van der Waals surface area contributed by atoms with E-state index in [-0.39, 0.29) is 17.9 Å². The normalized spacial score (nSPS) is 11.5. The Kier molecular flexibility index (Phi) is 4.32. The Morgan fingerprint density at radius 2 is 2.09 bits per heavy atom. The summed E-state index contributed by atoms with van der Waals surface area (Å²) in [5, 5.41) is 16.2. The van der Waals surface area contributed by atoms with Crippen molar-refractivity contribution in [2.45, 2.75) is 39.7 Å². The van der Waals surface area contributed by atoms with E-state index in [0.29, 0.717) is 16.4 Å². The lowest BCUT2D eigenvalue weighted by Gasteiger charge is -2.13. The first-order chi connectivity index (χ1) is 10.2. The number of aryl methyl sites for hydroxylation is 1. The molecule has 118 valence electrons. The molecule has 0 bridgehead atoms. The van der Waals surface area contributed by atoms with Gasteiger partial charge in [0.15, 0.2) is 5.82 Å². The van der Waals surface area contributed by atoms with Gasteiger partial charge in [0.1, 0.15) is 11.4 Å². The third kappa shape index (κ3) is 3.70. The van der Waals surface area contributed by atoms with Crippen LogP contribution in [0.15, 0.2) is 12.3 Å². The molecule has 7 nitrogen and oxygen atoms in total. The van der Waals surface area contributed by atoms with E-state index in [9.17, 15) is 9.59 Å². The fourth-order valence-corrected chi connectivity index (χ4v) is 2.78. The van der Waals surface area contributed by atoms with Crippen LogP contribution >= 0.6 is 11.3 Å². The molecule has 0 saturated heterocycles. The third-order valence-corrected chi connectivity index (χ3v) is 4.41. The summed E-state index contributed by atoms with van der Waals surface area (Å²) in [5.41, 5.74) is 0.564. The first-order valence-electron chi connectivity index (χ1n) is 6.71. The Labute approximate surface area is 132 Å². The highest BCUT2D eigenvalue weighted by Crippen LogP contribution is 2.29. The summed E-state index contributed by atoms with van der Waals surface area (Å²) >= 11 is 1.36. The number of carbonyl (C=O) groups is 2. The number of anilines is 1. The molecule has 2 heterocycles. The van der Waals surface area contributed by atoms with Gasteiger partial charge in [-0.1, -0.05) is 20.8 Å².